The van der Waals surface area contributed by atoms with Gasteiger partial charge in [-0.3, -0.25) is 4.79 Å². The summed E-state index contributed by atoms with van der Waals surface area (Å²) in [5, 5.41) is 24.1. The van der Waals surface area contributed by atoms with Crippen molar-refractivity contribution in [2.75, 3.05) is 10.6 Å². The number of nitrogens with zero attached hydrogens (tertiary/aromatic N) is 1. The monoisotopic (exact) mass is 371 g/mol. The van der Waals surface area contributed by atoms with Crippen molar-refractivity contribution in [2.45, 2.75) is 6.92 Å². The van der Waals surface area contributed by atoms with E-state index in [4.69, 9.17) is 5.26 Å². The molecule has 1 amide bonds. The highest BCUT2D eigenvalue weighted by Crippen LogP contribution is 2.22. The van der Waals surface area contributed by atoms with Gasteiger partial charge in [0.2, 0.25) is 0 Å². The highest BCUT2D eigenvalue weighted by molar-refractivity contribution is 9.10. The Morgan fingerprint density at radius 2 is 2.00 bits per heavy atom. The molecule has 0 aliphatic rings. The molecule has 0 heterocycles. The van der Waals surface area contributed by atoms with E-state index >= 15 is 0 Å². The maximum absolute atomic E-state index is 12.2. The second kappa shape index (κ2) is 7.47. The molecule has 23 heavy (non-hydrogen) atoms. The number of benzene rings is 2. The summed E-state index contributed by atoms with van der Waals surface area (Å²) in [7, 11) is 0. The normalized spacial score (nSPS) is 10.7. The first-order valence-corrected chi connectivity index (χ1v) is 7.53. The number of aryl methyl sites for hydroxylation is 1. The first kappa shape index (κ1) is 16.6. The van der Waals surface area contributed by atoms with Gasteiger partial charge >= 0.3 is 0 Å². The van der Waals surface area contributed by atoms with Crippen LogP contribution in [0.25, 0.3) is 0 Å². The van der Waals surface area contributed by atoms with E-state index in [1.165, 1.54) is 18.3 Å². The number of nitriles is 1. The predicted octanol–water partition coefficient (Wildman–Crippen LogP) is 3.92. The van der Waals surface area contributed by atoms with Crippen LogP contribution in [-0.2, 0) is 4.79 Å². The highest BCUT2D eigenvalue weighted by atomic mass is 79.9. The maximum atomic E-state index is 12.2. The second-order valence-corrected chi connectivity index (χ2v) is 5.60. The first-order chi connectivity index (χ1) is 11.0. The summed E-state index contributed by atoms with van der Waals surface area (Å²) in [6.45, 7) is 1.75. The Morgan fingerprint density at radius 1 is 1.26 bits per heavy atom. The van der Waals surface area contributed by atoms with Crippen molar-refractivity contribution in [1.29, 1.82) is 5.26 Å². The summed E-state index contributed by atoms with van der Waals surface area (Å²) in [6.07, 6.45) is 1.35. The zero-order chi connectivity index (χ0) is 16.8. The van der Waals surface area contributed by atoms with Crippen LogP contribution in [0.1, 0.15) is 5.56 Å². The third-order valence-electron chi connectivity index (χ3n) is 3.07. The number of aromatic hydroxyl groups is 1. The number of hydrogen-bond acceptors (Lipinski definition) is 4. The average molecular weight is 372 g/mol. The third kappa shape index (κ3) is 4.34. The minimum atomic E-state index is -0.527. The molecular formula is C17H14BrN3O2. The number of phenols is 1. The number of phenolic OH excluding ortho intramolecular Hbond substituents is 1. The molecule has 0 aliphatic carbocycles. The summed E-state index contributed by atoms with van der Waals surface area (Å²) < 4.78 is 0.823. The van der Waals surface area contributed by atoms with Gasteiger partial charge in [-0.25, -0.2) is 0 Å². The minimum absolute atomic E-state index is 0.0618. The maximum Gasteiger partial charge on any atom is 0.267 e. The number of amides is 1. The Balaban J connectivity index is 2.14. The molecule has 0 spiro atoms. The lowest BCUT2D eigenvalue weighted by atomic mass is 10.2. The molecule has 2 aromatic carbocycles. The zero-order valence-electron chi connectivity index (χ0n) is 12.3. The molecule has 0 atom stereocenters. The van der Waals surface area contributed by atoms with E-state index < -0.39 is 5.91 Å². The molecule has 0 aromatic heterocycles. The molecule has 0 radical (unpaired) electrons. The molecule has 0 unspecified atom stereocenters. The first-order valence-electron chi connectivity index (χ1n) is 6.73. The van der Waals surface area contributed by atoms with Gasteiger partial charge in [-0.05, 0) is 58.7 Å². The number of hydrogen-bond donors (Lipinski definition) is 3. The Labute approximate surface area is 142 Å². The second-order valence-electron chi connectivity index (χ2n) is 4.75. The van der Waals surface area contributed by atoms with Crippen molar-refractivity contribution in [1.82, 2.24) is 0 Å². The van der Waals surface area contributed by atoms with E-state index in [2.05, 4.69) is 26.6 Å². The van der Waals surface area contributed by atoms with E-state index in [-0.39, 0.29) is 11.3 Å². The molecule has 0 aliphatic heterocycles. The minimum Gasteiger partial charge on any atom is -0.508 e. The fraction of sp³-hybridized carbons (Fsp3) is 0.0588. The number of carbonyl (C=O) groups is 1. The van der Waals surface area contributed by atoms with Crippen molar-refractivity contribution >= 4 is 33.2 Å². The van der Waals surface area contributed by atoms with E-state index in [1.54, 1.807) is 13.0 Å². The molecule has 0 saturated carbocycles. The molecule has 116 valence electrons. The Bertz CT molecular complexity index is 810. The lowest BCUT2D eigenvalue weighted by molar-refractivity contribution is -0.112. The van der Waals surface area contributed by atoms with Gasteiger partial charge in [0.25, 0.3) is 5.91 Å². The molecule has 3 N–H and O–H groups in total. The smallest absolute Gasteiger partial charge is 0.267 e. The molecule has 6 heteroatoms. The SMILES string of the molecule is Cc1cc(O)ccc1NC(=O)/C(C#N)=C\Nc1ccccc1Br. The van der Waals surface area contributed by atoms with E-state index in [9.17, 15) is 9.90 Å². The fourth-order valence-electron chi connectivity index (χ4n) is 1.85. The lowest BCUT2D eigenvalue weighted by Crippen LogP contribution is -2.15. The Hall–Kier alpha value is -2.78. The average Bonchev–Trinajstić information content (AvgIpc) is 2.52. The van der Waals surface area contributed by atoms with Crippen molar-refractivity contribution in [3.8, 4) is 11.8 Å². The zero-order valence-corrected chi connectivity index (χ0v) is 13.9. The third-order valence-corrected chi connectivity index (χ3v) is 3.76. The van der Waals surface area contributed by atoms with Crippen molar-refractivity contribution < 1.29 is 9.90 Å². The van der Waals surface area contributed by atoms with Crippen LogP contribution in [0.2, 0.25) is 0 Å². The summed E-state index contributed by atoms with van der Waals surface area (Å²) in [5.74, 6) is -0.409. The van der Waals surface area contributed by atoms with Gasteiger partial charge in [-0.1, -0.05) is 12.1 Å². The topological polar surface area (TPSA) is 85.2 Å². The van der Waals surface area contributed by atoms with E-state index in [0.29, 0.717) is 11.3 Å². The summed E-state index contributed by atoms with van der Waals surface area (Å²) >= 11 is 3.38. The van der Waals surface area contributed by atoms with Crippen LogP contribution in [0.3, 0.4) is 0 Å². The van der Waals surface area contributed by atoms with Gasteiger partial charge in [-0.2, -0.15) is 5.26 Å². The quantitative estimate of drug-likeness (QED) is 0.431. The molecule has 5 nitrogen and oxygen atoms in total. The molecule has 2 rings (SSSR count). The van der Waals surface area contributed by atoms with Gasteiger partial charge in [0.1, 0.15) is 17.4 Å². The van der Waals surface area contributed by atoms with Crippen LogP contribution in [0, 0.1) is 18.3 Å². The van der Waals surface area contributed by atoms with Gasteiger partial charge in [0.15, 0.2) is 0 Å². The van der Waals surface area contributed by atoms with Gasteiger partial charge in [-0.15, -0.1) is 0 Å². The molecule has 2 aromatic rings. The summed E-state index contributed by atoms with van der Waals surface area (Å²) in [6, 6.07) is 13.8. The van der Waals surface area contributed by atoms with Crippen molar-refractivity contribution in [3.63, 3.8) is 0 Å². The lowest BCUT2D eigenvalue weighted by Gasteiger charge is -2.09. The van der Waals surface area contributed by atoms with Gasteiger partial charge in [0.05, 0.1) is 5.69 Å². The molecule has 0 bridgehead atoms. The molecular weight excluding hydrogens is 358 g/mol. The van der Waals surface area contributed by atoms with Crippen molar-refractivity contribution in [2.24, 2.45) is 0 Å². The number of halogens is 1. The number of para-hydroxylation sites is 1. The fourth-order valence-corrected chi connectivity index (χ4v) is 2.25. The van der Waals surface area contributed by atoms with Crippen LogP contribution in [-0.4, -0.2) is 11.0 Å². The van der Waals surface area contributed by atoms with Crippen LogP contribution in [0.5, 0.6) is 5.75 Å². The standard InChI is InChI=1S/C17H14BrN3O2/c1-11-8-13(22)6-7-15(11)21-17(23)12(9-19)10-20-16-5-3-2-4-14(16)18/h2-8,10,20,22H,1H3,(H,21,23)/b12-10-. The number of anilines is 2. The van der Waals surface area contributed by atoms with Crippen LogP contribution >= 0.6 is 15.9 Å². The van der Waals surface area contributed by atoms with E-state index in [0.717, 1.165) is 10.2 Å². The van der Waals surface area contributed by atoms with Crippen LogP contribution in [0.4, 0.5) is 11.4 Å². The summed E-state index contributed by atoms with van der Waals surface area (Å²) in [5.41, 5.74) is 1.92. The van der Waals surface area contributed by atoms with Crippen LogP contribution < -0.4 is 10.6 Å². The largest absolute Gasteiger partial charge is 0.508 e. The van der Waals surface area contributed by atoms with Crippen LogP contribution in [0.15, 0.2) is 58.7 Å². The van der Waals surface area contributed by atoms with Crippen molar-refractivity contribution in [3.05, 3.63) is 64.3 Å². The number of rotatable bonds is 4. The molecule has 0 saturated heterocycles. The van der Waals surface area contributed by atoms with E-state index in [1.807, 2.05) is 30.3 Å². The van der Waals surface area contributed by atoms with Gasteiger partial charge in [0, 0.05) is 16.4 Å². The Kier molecular flexibility index (Phi) is 5.39. The Morgan fingerprint density at radius 3 is 2.65 bits per heavy atom. The number of nitrogens with one attached hydrogen (secondary N) is 2. The van der Waals surface area contributed by atoms with Gasteiger partial charge < -0.3 is 15.7 Å². The number of carbonyl (C=O) groups excluding carboxylic acids is 1. The summed E-state index contributed by atoms with van der Waals surface area (Å²) in [4.78, 5) is 12.2. The predicted molar refractivity (Wildman–Crippen MR) is 92.9 cm³/mol. The highest BCUT2D eigenvalue weighted by Gasteiger charge is 2.11. The molecule has 0 fully saturated rings.